The van der Waals surface area contributed by atoms with Gasteiger partial charge in [-0.3, -0.25) is 0 Å². The Labute approximate surface area is 44.1 Å². The molecule has 3 radical (unpaired) electrons. The van der Waals surface area contributed by atoms with Gasteiger partial charge in [0.15, 0.2) is 0 Å². The molecule has 0 aliphatic rings. The Balaban J connectivity index is 2.68. The molecule has 0 fully saturated rings. The van der Waals surface area contributed by atoms with Crippen molar-refractivity contribution in [2.45, 2.75) is 19.4 Å². The normalized spacial score (nSPS) is 14.1. The molecule has 0 aliphatic carbocycles. The van der Waals surface area contributed by atoms with E-state index in [2.05, 4.69) is 11.3 Å². The first-order valence-electron chi connectivity index (χ1n) is 2.19. The van der Waals surface area contributed by atoms with Gasteiger partial charge in [-0.2, -0.15) is 0 Å². The molecule has 0 spiro atoms. The van der Waals surface area contributed by atoms with E-state index in [9.17, 15) is 5.11 Å². The fourth-order valence-electron chi connectivity index (χ4n) is 0.201. The maximum absolute atomic E-state index is 10.1. The average molecular weight is 101 g/mol. The second-order valence-corrected chi connectivity index (χ2v) is 1.36. The average Bonchev–Trinajstić information content (AvgIpc) is 1.61. The van der Waals surface area contributed by atoms with Crippen LogP contribution in [0.1, 0.15) is 13.3 Å². The van der Waals surface area contributed by atoms with Crippen LogP contribution in [0.4, 0.5) is 0 Å². The molecular formula is C5H9O2. The SMILES string of the molecule is CO[C]CC(C)[O]. The molecule has 0 bridgehead atoms. The molecule has 7 heavy (non-hydrogen) atoms. The standard InChI is InChI=1S/C5H9O2/c1-5(6)3-4-7-2/h5H,3H2,1-2H3. The molecule has 1 unspecified atom stereocenters. The van der Waals surface area contributed by atoms with Gasteiger partial charge in [-0.25, -0.2) is 5.11 Å². The minimum atomic E-state index is -0.583. The minimum Gasteiger partial charge on any atom is -0.372 e. The van der Waals surface area contributed by atoms with Crippen molar-refractivity contribution in [3.63, 3.8) is 0 Å². The van der Waals surface area contributed by atoms with Crippen molar-refractivity contribution in [2.24, 2.45) is 0 Å². The summed E-state index contributed by atoms with van der Waals surface area (Å²) in [6.07, 6.45) is -0.212. The first-order valence-corrected chi connectivity index (χ1v) is 2.19. The summed E-state index contributed by atoms with van der Waals surface area (Å²) >= 11 is 0. The van der Waals surface area contributed by atoms with E-state index < -0.39 is 6.10 Å². The molecule has 2 nitrogen and oxygen atoms in total. The third kappa shape index (κ3) is 5.92. The molecule has 0 aromatic heterocycles. The summed E-state index contributed by atoms with van der Waals surface area (Å²) in [5.74, 6) is 0. The van der Waals surface area contributed by atoms with Crippen LogP contribution >= 0.6 is 0 Å². The number of hydrogen-bond acceptors (Lipinski definition) is 1. The summed E-state index contributed by atoms with van der Waals surface area (Å²) in [7, 11) is 1.49. The lowest BCUT2D eigenvalue weighted by Crippen LogP contribution is -1.97. The largest absolute Gasteiger partial charge is 0.372 e. The lowest BCUT2D eigenvalue weighted by Gasteiger charge is -1.94. The van der Waals surface area contributed by atoms with Gasteiger partial charge >= 0.3 is 0 Å². The lowest BCUT2D eigenvalue weighted by atomic mass is 10.3. The van der Waals surface area contributed by atoms with Crippen molar-refractivity contribution in [1.29, 1.82) is 0 Å². The van der Waals surface area contributed by atoms with Gasteiger partial charge in [0, 0.05) is 13.5 Å². The Bertz CT molecular complexity index is 35.1. The quantitative estimate of drug-likeness (QED) is 0.518. The van der Waals surface area contributed by atoms with E-state index in [0.29, 0.717) is 6.42 Å². The van der Waals surface area contributed by atoms with Gasteiger partial charge < -0.3 is 4.74 Å². The van der Waals surface area contributed by atoms with E-state index in [0.717, 1.165) is 0 Å². The predicted octanol–water partition coefficient (Wildman–Crippen LogP) is 0.881. The van der Waals surface area contributed by atoms with Crippen molar-refractivity contribution < 1.29 is 9.84 Å². The van der Waals surface area contributed by atoms with Crippen molar-refractivity contribution in [3.05, 3.63) is 6.61 Å². The maximum Gasteiger partial charge on any atom is 0.134 e. The van der Waals surface area contributed by atoms with Crippen LogP contribution in [0.3, 0.4) is 0 Å². The number of methoxy groups -OCH3 is 1. The van der Waals surface area contributed by atoms with Crippen LogP contribution in [-0.4, -0.2) is 13.2 Å². The van der Waals surface area contributed by atoms with Crippen LogP contribution in [0.15, 0.2) is 0 Å². The second-order valence-electron chi connectivity index (χ2n) is 1.36. The highest BCUT2D eigenvalue weighted by Gasteiger charge is 1.95. The van der Waals surface area contributed by atoms with Crippen LogP contribution < -0.4 is 0 Å². The third-order valence-corrected chi connectivity index (χ3v) is 0.515. The highest BCUT2D eigenvalue weighted by molar-refractivity contribution is 4.53. The van der Waals surface area contributed by atoms with E-state index >= 15 is 0 Å². The minimum absolute atomic E-state index is 0.372. The Morgan fingerprint density at radius 1 is 1.86 bits per heavy atom. The highest BCUT2D eigenvalue weighted by atomic mass is 16.5. The Hall–Kier alpha value is -0.0800. The van der Waals surface area contributed by atoms with Crippen molar-refractivity contribution in [3.8, 4) is 0 Å². The molecule has 2 heteroatoms. The molecule has 0 saturated carbocycles. The molecule has 41 valence electrons. The van der Waals surface area contributed by atoms with Gasteiger partial charge in [-0.15, -0.1) is 0 Å². The zero-order chi connectivity index (χ0) is 5.70. The molecule has 0 aliphatic heterocycles. The molecular weight excluding hydrogens is 92.1 g/mol. The van der Waals surface area contributed by atoms with Gasteiger partial charge in [0.2, 0.25) is 0 Å². The Morgan fingerprint density at radius 2 is 2.43 bits per heavy atom. The van der Waals surface area contributed by atoms with Gasteiger partial charge in [0.1, 0.15) is 6.61 Å². The summed E-state index contributed by atoms with van der Waals surface area (Å²) in [4.78, 5) is 0. The lowest BCUT2D eigenvalue weighted by molar-refractivity contribution is 0.0874. The fraction of sp³-hybridized carbons (Fsp3) is 0.800. The fourth-order valence-corrected chi connectivity index (χ4v) is 0.201. The van der Waals surface area contributed by atoms with Crippen LogP contribution in [0, 0.1) is 6.61 Å². The maximum atomic E-state index is 10.1. The zero-order valence-corrected chi connectivity index (χ0v) is 4.60. The van der Waals surface area contributed by atoms with Crippen molar-refractivity contribution in [2.75, 3.05) is 7.11 Å². The van der Waals surface area contributed by atoms with Crippen LogP contribution in [0.5, 0.6) is 0 Å². The van der Waals surface area contributed by atoms with Crippen LogP contribution in [0.25, 0.3) is 0 Å². The zero-order valence-electron chi connectivity index (χ0n) is 4.60. The molecule has 0 saturated heterocycles. The van der Waals surface area contributed by atoms with Crippen molar-refractivity contribution >= 4 is 0 Å². The smallest absolute Gasteiger partial charge is 0.134 e. The van der Waals surface area contributed by atoms with Crippen LogP contribution in [-0.2, 0) is 9.84 Å². The number of ether oxygens (including phenoxy) is 1. The first-order chi connectivity index (χ1) is 3.27. The summed E-state index contributed by atoms with van der Waals surface area (Å²) in [6.45, 7) is 4.01. The van der Waals surface area contributed by atoms with E-state index in [1.807, 2.05) is 0 Å². The monoisotopic (exact) mass is 101 g/mol. The molecule has 0 amide bonds. The highest BCUT2D eigenvalue weighted by Crippen LogP contribution is 1.92. The number of rotatable bonds is 3. The third-order valence-electron chi connectivity index (χ3n) is 0.515. The van der Waals surface area contributed by atoms with E-state index in [4.69, 9.17) is 0 Å². The van der Waals surface area contributed by atoms with Gasteiger partial charge in [0.25, 0.3) is 0 Å². The summed E-state index contributed by atoms with van der Waals surface area (Å²) in [5.41, 5.74) is 0. The molecule has 0 heterocycles. The molecule has 0 rings (SSSR count). The van der Waals surface area contributed by atoms with E-state index in [1.165, 1.54) is 7.11 Å². The Kier molecular flexibility index (Phi) is 4.04. The second kappa shape index (κ2) is 4.09. The summed E-state index contributed by atoms with van der Waals surface area (Å²) in [5, 5.41) is 10.1. The van der Waals surface area contributed by atoms with Gasteiger partial charge in [0.05, 0.1) is 6.10 Å². The molecule has 0 aromatic carbocycles. The molecule has 0 N–H and O–H groups in total. The number of hydrogen-bond donors (Lipinski definition) is 0. The predicted molar refractivity (Wildman–Crippen MR) is 25.0 cm³/mol. The van der Waals surface area contributed by atoms with E-state index in [1.54, 1.807) is 6.92 Å². The summed E-state index contributed by atoms with van der Waals surface area (Å²) < 4.78 is 4.40. The molecule has 1 atom stereocenters. The van der Waals surface area contributed by atoms with E-state index in [-0.39, 0.29) is 0 Å². The first kappa shape index (κ1) is 6.92. The van der Waals surface area contributed by atoms with Crippen molar-refractivity contribution in [1.82, 2.24) is 0 Å². The van der Waals surface area contributed by atoms with Gasteiger partial charge in [-0.1, -0.05) is 0 Å². The topological polar surface area (TPSA) is 29.1 Å². The Morgan fingerprint density at radius 3 is 2.57 bits per heavy atom. The van der Waals surface area contributed by atoms with Gasteiger partial charge in [-0.05, 0) is 6.92 Å². The summed E-state index contributed by atoms with van der Waals surface area (Å²) in [6, 6.07) is 0. The molecule has 0 aromatic rings. The van der Waals surface area contributed by atoms with Crippen LogP contribution in [0.2, 0.25) is 0 Å².